The van der Waals surface area contributed by atoms with E-state index >= 15 is 0 Å². The minimum atomic E-state index is -0.686. The van der Waals surface area contributed by atoms with Gasteiger partial charge in [0.15, 0.2) is 11.6 Å². The monoisotopic (exact) mass is 731 g/mol. The van der Waals surface area contributed by atoms with Gasteiger partial charge in [-0.15, -0.1) is 0 Å². The maximum absolute atomic E-state index is 14.3. The van der Waals surface area contributed by atoms with Crippen molar-refractivity contribution in [2.75, 3.05) is 18.1 Å². The molecule has 272 valence electrons. The number of Topliss-reactive ketones (excluding diaryl/α,β-unsaturated/α-hetero) is 2. The van der Waals surface area contributed by atoms with Gasteiger partial charge in [-0.1, -0.05) is 86.2 Å². The van der Waals surface area contributed by atoms with Crippen molar-refractivity contribution in [1.29, 1.82) is 5.26 Å². The van der Waals surface area contributed by atoms with E-state index in [2.05, 4.69) is 16.7 Å². The molecule has 2 aromatic rings. The zero-order chi connectivity index (χ0) is 35.7. The molecule has 3 unspecified atom stereocenters. The molecule has 10 heteroatoms. The summed E-state index contributed by atoms with van der Waals surface area (Å²) >= 11 is 6.26. The molecule has 0 aromatic heterocycles. The summed E-state index contributed by atoms with van der Waals surface area (Å²) in [5.74, 6) is 0.949. The van der Waals surface area contributed by atoms with Gasteiger partial charge in [0.25, 0.3) is 0 Å². The third kappa shape index (κ3) is 10.1. The predicted molar refractivity (Wildman–Crippen MR) is 202 cm³/mol. The maximum atomic E-state index is 14.3. The van der Waals surface area contributed by atoms with Gasteiger partial charge in [-0.2, -0.15) is 15.7 Å². The molecule has 2 saturated carbocycles. The second-order valence-electron chi connectivity index (χ2n) is 14.9. The lowest BCUT2D eigenvalue weighted by molar-refractivity contribution is -0.125. The van der Waals surface area contributed by atoms with Gasteiger partial charge in [0, 0.05) is 35.7 Å². The number of rotatable bonds is 15. The minimum absolute atomic E-state index is 0.000545. The van der Waals surface area contributed by atoms with E-state index in [0.717, 1.165) is 61.2 Å². The first-order valence-corrected chi connectivity index (χ1v) is 20.8. The second kappa shape index (κ2) is 17.8. The van der Waals surface area contributed by atoms with E-state index in [1.807, 2.05) is 54.6 Å². The van der Waals surface area contributed by atoms with Crippen molar-refractivity contribution in [2.45, 2.75) is 95.6 Å². The number of alkyl carbamates (subject to hydrolysis) is 1. The van der Waals surface area contributed by atoms with Crippen molar-refractivity contribution in [2.24, 2.45) is 29.6 Å². The number of nitrogens with one attached hydrogen (secondary N) is 2. The third-order valence-corrected chi connectivity index (χ3v) is 14.0. The lowest BCUT2D eigenvalue weighted by Crippen LogP contribution is -2.44. The number of benzene rings is 2. The van der Waals surface area contributed by atoms with E-state index in [1.165, 1.54) is 6.42 Å². The number of hydrogen-bond donors (Lipinski definition) is 2. The Balaban J connectivity index is 1.16. The van der Waals surface area contributed by atoms with Crippen molar-refractivity contribution in [3.63, 3.8) is 0 Å². The average Bonchev–Trinajstić information content (AvgIpc) is 3.45. The van der Waals surface area contributed by atoms with Crippen molar-refractivity contribution in [3.8, 4) is 6.07 Å². The molecule has 4 aliphatic rings. The minimum Gasteiger partial charge on any atom is -0.441 e. The highest BCUT2D eigenvalue weighted by molar-refractivity contribution is 8.17. The number of nitrogens with zero attached hydrogens (tertiary/aromatic N) is 1. The summed E-state index contributed by atoms with van der Waals surface area (Å²) in [5.41, 5.74) is 1.78. The zero-order valence-corrected chi connectivity index (χ0v) is 30.9. The van der Waals surface area contributed by atoms with Gasteiger partial charge < -0.3 is 15.4 Å². The molecule has 2 amide bonds. The summed E-state index contributed by atoms with van der Waals surface area (Å²) in [7, 11) is -0.321. The molecule has 51 heavy (non-hydrogen) atoms. The van der Waals surface area contributed by atoms with Gasteiger partial charge in [-0.05, 0) is 91.5 Å². The molecule has 4 fully saturated rings. The molecule has 8 nitrogen and oxygen atoms in total. The van der Waals surface area contributed by atoms with Gasteiger partial charge in [-0.25, -0.2) is 4.79 Å². The molecule has 0 radical (unpaired) electrons. The van der Waals surface area contributed by atoms with Crippen LogP contribution in [0.2, 0.25) is 5.02 Å². The van der Waals surface area contributed by atoms with Gasteiger partial charge in [0.1, 0.15) is 17.0 Å². The van der Waals surface area contributed by atoms with Crippen LogP contribution in [0.15, 0.2) is 54.6 Å². The number of nitriles is 1. The molecular weight excluding hydrogens is 682 g/mol. The molecular formula is C41H50ClN3O5S. The number of ether oxygens (including phenoxy) is 1. The van der Waals surface area contributed by atoms with Crippen LogP contribution in [-0.4, -0.2) is 52.5 Å². The van der Waals surface area contributed by atoms with Crippen LogP contribution in [0.25, 0.3) is 0 Å². The van der Waals surface area contributed by atoms with E-state index in [1.54, 1.807) is 0 Å². The molecule has 2 aromatic carbocycles. The van der Waals surface area contributed by atoms with Crippen LogP contribution in [0, 0.1) is 40.9 Å². The van der Waals surface area contributed by atoms with E-state index in [0.29, 0.717) is 60.9 Å². The van der Waals surface area contributed by atoms with Crippen LogP contribution < -0.4 is 10.6 Å². The zero-order valence-electron chi connectivity index (χ0n) is 29.3. The van der Waals surface area contributed by atoms with E-state index < -0.39 is 24.2 Å². The summed E-state index contributed by atoms with van der Waals surface area (Å²) in [5, 5.41) is 16.6. The van der Waals surface area contributed by atoms with E-state index in [4.69, 9.17) is 16.3 Å². The first kappa shape index (κ1) is 37.3. The molecule has 2 heterocycles. The fourth-order valence-corrected chi connectivity index (χ4v) is 10.9. The summed E-state index contributed by atoms with van der Waals surface area (Å²) < 4.78 is 6.08. The predicted octanol–water partition coefficient (Wildman–Crippen LogP) is 7.75. The normalized spacial score (nSPS) is 23.8. The number of hydrogen-bond acceptors (Lipinski definition) is 6. The Kier molecular flexibility index (Phi) is 13.0. The molecule has 6 rings (SSSR count). The summed E-state index contributed by atoms with van der Waals surface area (Å²) in [6.45, 7) is 0.600. The fraction of sp³-hybridized carbons (Fsp3) is 0.561. The summed E-state index contributed by atoms with van der Waals surface area (Å²) in [6, 6.07) is 18.7. The molecule has 2 aliphatic heterocycles. The number of carbonyl (C=O) groups is 4. The Morgan fingerprint density at radius 3 is 2.41 bits per heavy atom. The second-order valence-corrected chi connectivity index (χ2v) is 17.6. The standard InChI is InChI=1S/C41H50ClN3O5S/c42-33-15-9-12-28(20-33)22-36(29-13-5-2-6-14-29)50-41(49)45-35(21-27-10-3-1-4-11-27)39(47)34-25-31(34)24-32(23-30-16-17-44-40(30)48)38(46)37(26-43)51-18-7-8-19-51/h2,5-6,9,12-15,20,27,30-32,34-36H,1,3-4,7-8,10-11,16-19,21-25H2,(H,44,48)(H,45,49)/t30-,31?,32+,34?,35-,36?/m0/s1. The van der Waals surface area contributed by atoms with Crippen LogP contribution >= 0.6 is 22.1 Å². The first-order chi connectivity index (χ1) is 24.8. The summed E-state index contributed by atoms with van der Waals surface area (Å²) in [6.07, 6.45) is 9.58. The molecule has 2 aliphatic carbocycles. The Morgan fingerprint density at radius 2 is 1.73 bits per heavy atom. The molecule has 2 N–H and O–H groups in total. The van der Waals surface area contributed by atoms with Crippen molar-refractivity contribution in [3.05, 3.63) is 70.7 Å². The average molecular weight is 732 g/mol. The quantitative estimate of drug-likeness (QED) is 0.181. The smallest absolute Gasteiger partial charge is 0.408 e. The lowest BCUT2D eigenvalue weighted by atomic mass is 9.82. The van der Waals surface area contributed by atoms with Crippen molar-refractivity contribution >= 4 is 50.5 Å². The Labute approximate surface area is 309 Å². The van der Waals surface area contributed by atoms with E-state index in [-0.39, 0.29) is 45.7 Å². The molecule has 6 atom stereocenters. The number of carbonyl (C=O) groups excluding carboxylic acids is 4. The number of amides is 2. The highest BCUT2D eigenvalue weighted by atomic mass is 35.5. The van der Waals surface area contributed by atoms with Gasteiger partial charge in [0.05, 0.1) is 6.04 Å². The van der Waals surface area contributed by atoms with Crippen LogP contribution in [0.3, 0.4) is 0 Å². The molecule has 0 bridgehead atoms. The van der Waals surface area contributed by atoms with Crippen LogP contribution in [0.4, 0.5) is 4.79 Å². The first-order valence-electron chi connectivity index (χ1n) is 18.9. The van der Waals surface area contributed by atoms with Crippen molar-refractivity contribution < 1.29 is 23.9 Å². The maximum Gasteiger partial charge on any atom is 0.408 e. The third-order valence-electron chi connectivity index (χ3n) is 11.3. The Morgan fingerprint density at radius 1 is 0.961 bits per heavy atom. The lowest BCUT2D eigenvalue weighted by Gasteiger charge is -2.27. The van der Waals surface area contributed by atoms with Crippen LogP contribution in [-0.2, 0) is 25.5 Å². The number of ketones is 2. The largest absolute Gasteiger partial charge is 0.441 e. The van der Waals surface area contributed by atoms with Crippen LogP contribution in [0.5, 0.6) is 0 Å². The fourth-order valence-electron chi connectivity index (χ4n) is 8.39. The van der Waals surface area contributed by atoms with E-state index in [9.17, 15) is 24.4 Å². The Hall–Kier alpha value is -3.48. The highest BCUT2D eigenvalue weighted by Gasteiger charge is 2.48. The molecule has 2 saturated heterocycles. The van der Waals surface area contributed by atoms with Gasteiger partial charge >= 0.3 is 6.09 Å². The summed E-state index contributed by atoms with van der Waals surface area (Å²) in [4.78, 5) is 54.8. The van der Waals surface area contributed by atoms with Gasteiger partial charge in [-0.3, -0.25) is 14.4 Å². The number of halogens is 1. The van der Waals surface area contributed by atoms with Crippen LogP contribution in [0.1, 0.15) is 94.3 Å². The Bertz CT molecular complexity index is 1640. The topological polar surface area (TPSA) is 125 Å². The SMILES string of the molecule is N#CC(C(=O)[C@@H](CC1CC1C(=O)[C@H](CC1CCCCC1)NC(=O)OC(Cc1cccc(Cl)c1)c1ccccc1)C[C@@H]1CCNC1=O)=S1CCCC1. The molecule has 0 spiro atoms. The highest BCUT2D eigenvalue weighted by Crippen LogP contribution is 2.47. The van der Waals surface area contributed by atoms with Gasteiger partial charge in [0.2, 0.25) is 5.91 Å². The van der Waals surface area contributed by atoms with Crippen molar-refractivity contribution in [1.82, 2.24) is 10.6 Å².